The first-order valence-electron chi connectivity index (χ1n) is 11.5. The third-order valence-corrected chi connectivity index (χ3v) is 6.52. The summed E-state index contributed by atoms with van der Waals surface area (Å²) in [6, 6.07) is 19.7. The molecule has 0 amide bonds. The number of aryl methyl sites for hydroxylation is 2. The van der Waals surface area contributed by atoms with Crippen LogP contribution in [0.4, 0.5) is 4.39 Å². The van der Waals surface area contributed by atoms with Gasteiger partial charge in [0.25, 0.3) is 0 Å². The summed E-state index contributed by atoms with van der Waals surface area (Å²) >= 11 is 0. The second-order valence-corrected chi connectivity index (χ2v) is 8.79. The minimum Gasteiger partial charge on any atom is -0.313 e. The van der Waals surface area contributed by atoms with E-state index >= 15 is 0 Å². The van der Waals surface area contributed by atoms with Crippen LogP contribution in [0.15, 0.2) is 60.7 Å². The molecule has 1 fully saturated rings. The average molecular weight is 432 g/mol. The molecule has 32 heavy (non-hydrogen) atoms. The summed E-state index contributed by atoms with van der Waals surface area (Å²) in [7, 11) is 0. The van der Waals surface area contributed by atoms with Gasteiger partial charge in [-0.05, 0) is 72.2 Å². The van der Waals surface area contributed by atoms with Crippen LogP contribution in [0, 0.1) is 12.7 Å². The Kier molecular flexibility index (Phi) is 6.32. The number of hydrogen-bond acceptors (Lipinski definition) is 4. The number of hydrogen-bond donors (Lipinski definition) is 3. The van der Waals surface area contributed by atoms with E-state index in [4.69, 9.17) is 4.84 Å². The predicted molar refractivity (Wildman–Crippen MR) is 125 cm³/mol. The Balaban J connectivity index is 1.32. The number of hydroxylamine groups is 1. The molecule has 2 aliphatic heterocycles. The van der Waals surface area contributed by atoms with E-state index in [0.717, 1.165) is 36.2 Å². The predicted octanol–water partition coefficient (Wildman–Crippen LogP) is 5.44. The van der Waals surface area contributed by atoms with E-state index in [1.54, 1.807) is 6.07 Å². The van der Waals surface area contributed by atoms with Crippen molar-refractivity contribution in [3.8, 4) is 11.1 Å². The maximum atomic E-state index is 14.2. The van der Waals surface area contributed by atoms with Crippen LogP contribution in [0.2, 0.25) is 0 Å². The van der Waals surface area contributed by atoms with Crippen LogP contribution in [-0.2, 0) is 17.8 Å². The molecule has 166 valence electrons. The summed E-state index contributed by atoms with van der Waals surface area (Å²) in [4.78, 5) is 5.89. The highest BCUT2D eigenvalue weighted by atomic mass is 19.1. The van der Waals surface area contributed by atoms with Crippen molar-refractivity contribution in [2.75, 3.05) is 6.54 Å². The molecule has 5 rings (SSSR count). The van der Waals surface area contributed by atoms with Gasteiger partial charge in [-0.3, -0.25) is 10.2 Å². The van der Waals surface area contributed by atoms with Gasteiger partial charge in [-0.2, -0.15) is 5.48 Å². The standard InChI is InChI=1S/C27H30FN3O/c1-18-15-21(12-13-23(18)24-8-4-5-9-25(24)28)27-30-26(31-32-27)20-10-11-22-17-29-14-6-2-3-7-19(22)16-20/h4-5,8-13,15-16,26-27,29-31H,2-3,6-7,14,17H2,1H3. The molecular formula is C27H30FN3O. The fourth-order valence-electron chi connectivity index (χ4n) is 4.71. The fraction of sp³-hybridized carbons (Fsp3) is 0.333. The Bertz CT molecular complexity index is 1100. The van der Waals surface area contributed by atoms with Crippen molar-refractivity contribution in [3.05, 3.63) is 94.3 Å². The maximum Gasteiger partial charge on any atom is 0.156 e. The second kappa shape index (κ2) is 9.51. The molecule has 0 radical (unpaired) electrons. The molecule has 3 aromatic rings. The van der Waals surface area contributed by atoms with E-state index in [-0.39, 0.29) is 18.2 Å². The van der Waals surface area contributed by atoms with Crippen LogP contribution in [0.25, 0.3) is 11.1 Å². The lowest BCUT2D eigenvalue weighted by Crippen LogP contribution is -2.22. The van der Waals surface area contributed by atoms with Crippen LogP contribution in [0.5, 0.6) is 0 Å². The molecule has 0 bridgehead atoms. The quantitative estimate of drug-likeness (QED) is 0.517. The number of benzene rings is 3. The van der Waals surface area contributed by atoms with Crippen molar-refractivity contribution in [1.82, 2.24) is 16.1 Å². The molecular weight excluding hydrogens is 401 g/mol. The third kappa shape index (κ3) is 4.48. The van der Waals surface area contributed by atoms with Crippen molar-refractivity contribution in [3.63, 3.8) is 0 Å². The normalized spacial score (nSPS) is 21.4. The van der Waals surface area contributed by atoms with Crippen LogP contribution in [0.3, 0.4) is 0 Å². The van der Waals surface area contributed by atoms with Gasteiger partial charge in [0, 0.05) is 12.1 Å². The zero-order chi connectivity index (χ0) is 21.9. The largest absolute Gasteiger partial charge is 0.313 e. The number of rotatable bonds is 3. The fourth-order valence-corrected chi connectivity index (χ4v) is 4.71. The number of fused-ring (bicyclic) bond motifs is 1. The van der Waals surface area contributed by atoms with Gasteiger partial charge in [0.1, 0.15) is 12.0 Å². The topological polar surface area (TPSA) is 45.3 Å². The molecule has 2 atom stereocenters. The lowest BCUT2D eigenvalue weighted by atomic mass is 9.97. The van der Waals surface area contributed by atoms with Crippen LogP contribution in [-0.4, -0.2) is 6.54 Å². The van der Waals surface area contributed by atoms with Crippen molar-refractivity contribution >= 4 is 0 Å². The summed E-state index contributed by atoms with van der Waals surface area (Å²) in [5.41, 5.74) is 10.7. The number of halogens is 1. The summed E-state index contributed by atoms with van der Waals surface area (Å²) in [6.07, 6.45) is 4.54. The minimum atomic E-state index is -0.264. The smallest absolute Gasteiger partial charge is 0.156 e. The van der Waals surface area contributed by atoms with E-state index < -0.39 is 0 Å². The van der Waals surface area contributed by atoms with Crippen molar-refractivity contribution in [2.45, 2.75) is 51.5 Å². The molecule has 0 aliphatic carbocycles. The van der Waals surface area contributed by atoms with Gasteiger partial charge in [-0.15, -0.1) is 0 Å². The van der Waals surface area contributed by atoms with E-state index in [2.05, 4.69) is 40.4 Å². The second-order valence-electron chi connectivity index (χ2n) is 8.79. The highest BCUT2D eigenvalue weighted by Crippen LogP contribution is 2.31. The molecule has 2 unspecified atom stereocenters. The van der Waals surface area contributed by atoms with Gasteiger partial charge in [0.2, 0.25) is 0 Å². The minimum absolute atomic E-state index is 0.0718. The Morgan fingerprint density at radius 1 is 0.875 bits per heavy atom. The van der Waals surface area contributed by atoms with E-state index in [9.17, 15) is 4.39 Å². The molecule has 3 aromatic carbocycles. The summed E-state index contributed by atoms with van der Waals surface area (Å²) < 4.78 is 14.2. The zero-order valence-corrected chi connectivity index (χ0v) is 18.5. The summed E-state index contributed by atoms with van der Waals surface area (Å²) in [6.45, 7) is 4.04. The molecule has 0 spiro atoms. The first kappa shape index (κ1) is 21.3. The van der Waals surface area contributed by atoms with Crippen LogP contribution < -0.4 is 16.1 Å². The highest BCUT2D eigenvalue weighted by Gasteiger charge is 2.27. The number of nitrogens with one attached hydrogen (secondary N) is 3. The molecule has 4 nitrogen and oxygen atoms in total. The Morgan fingerprint density at radius 2 is 1.75 bits per heavy atom. The monoisotopic (exact) mass is 431 g/mol. The Labute approximate surface area is 189 Å². The SMILES string of the molecule is Cc1cc(C2NC(c3ccc4c(c3)CCCCCNC4)NO2)ccc1-c1ccccc1F. The molecule has 0 saturated carbocycles. The lowest BCUT2D eigenvalue weighted by molar-refractivity contribution is 0.0214. The maximum absolute atomic E-state index is 14.2. The van der Waals surface area contributed by atoms with Gasteiger partial charge in [0.15, 0.2) is 6.23 Å². The molecule has 0 aromatic heterocycles. The van der Waals surface area contributed by atoms with Crippen molar-refractivity contribution < 1.29 is 9.23 Å². The first-order valence-corrected chi connectivity index (χ1v) is 11.5. The van der Waals surface area contributed by atoms with E-state index in [1.807, 2.05) is 31.2 Å². The molecule has 3 N–H and O–H groups in total. The van der Waals surface area contributed by atoms with Crippen LogP contribution >= 0.6 is 0 Å². The van der Waals surface area contributed by atoms with Gasteiger partial charge >= 0.3 is 0 Å². The van der Waals surface area contributed by atoms with Crippen molar-refractivity contribution in [2.24, 2.45) is 0 Å². The molecule has 5 heteroatoms. The average Bonchev–Trinajstić information content (AvgIpc) is 3.33. The summed E-state index contributed by atoms with van der Waals surface area (Å²) in [5, 5.41) is 7.09. The molecule has 2 heterocycles. The van der Waals surface area contributed by atoms with Gasteiger partial charge in [0.05, 0.1) is 0 Å². The van der Waals surface area contributed by atoms with Crippen LogP contribution in [0.1, 0.15) is 59.5 Å². The Morgan fingerprint density at radius 3 is 2.62 bits per heavy atom. The zero-order valence-electron chi connectivity index (χ0n) is 18.5. The van der Waals surface area contributed by atoms with Gasteiger partial charge in [-0.25, -0.2) is 4.39 Å². The van der Waals surface area contributed by atoms with Gasteiger partial charge < -0.3 is 5.32 Å². The lowest BCUT2D eigenvalue weighted by Gasteiger charge is -2.16. The third-order valence-electron chi connectivity index (χ3n) is 6.52. The first-order chi connectivity index (χ1) is 15.7. The Hall–Kier alpha value is -2.57. The summed E-state index contributed by atoms with van der Waals surface area (Å²) in [5.74, 6) is -0.204. The van der Waals surface area contributed by atoms with Gasteiger partial charge in [-0.1, -0.05) is 61.0 Å². The highest BCUT2D eigenvalue weighted by molar-refractivity contribution is 5.68. The van der Waals surface area contributed by atoms with Crippen molar-refractivity contribution in [1.29, 1.82) is 0 Å². The molecule has 2 aliphatic rings. The van der Waals surface area contributed by atoms with E-state index in [1.165, 1.54) is 42.0 Å². The molecule has 1 saturated heterocycles. The van der Waals surface area contributed by atoms with E-state index in [0.29, 0.717) is 5.56 Å².